The summed E-state index contributed by atoms with van der Waals surface area (Å²) in [5.74, 6) is 0.300. The van der Waals surface area contributed by atoms with Crippen LogP contribution in [0.1, 0.15) is 48.0 Å². The molecule has 0 fully saturated rings. The van der Waals surface area contributed by atoms with Gasteiger partial charge in [-0.05, 0) is 45.2 Å². The van der Waals surface area contributed by atoms with E-state index in [0.717, 1.165) is 12.1 Å². The fourth-order valence-corrected chi connectivity index (χ4v) is 2.37. The summed E-state index contributed by atoms with van der Waals surface area (Å²) in [6.07, 6.45) is 0.549. The molecule has 0 aliphatic rings. The second-order valence-corrected chi connectivity index (χ2v) is 6.94. The predicted molar refractivity (Wildman–Crippen MR) is 92.1 cm³/mol. The normalized spacial score (nSPS) is 14.3. The first-order valence-electron chi connectivity index (χ1n) is 8.04. The van der Waals surface area contributed by atoms with Crippen molar-refractivity contribution < 1.29 is 9.53 Å². The number of anilines is 1. The maximum atomic E-state index is 12.1. The van der Waals surface area contributed by atoms with Gasteiger partial charge >= 0.3 is 6.09 Å². The molecule has 124 valence electrons. The largest absolute Gasteiger partial charge is 0.444 e. The van der Waals surface area contributed by atoms with Crippen LogP contribution in [0.5, 0.6) is 0 Å². The molecule has 0 bridgehead atoms. The Bertz CT molecular complexity index is 452. The zero-order chi connectivity index (χ0) is 16.8. The van der Waals surface area contributed by atoms with Crippen molar-refractivity contribution in [2.24, 2.45) is 5.92 Å². The van der Waals surface area contributed by atoms with Crippen molar-refractivity contribution in [1.82, 2.24) is 5.32 Å². The van der Waals surface area contributed by atoms with Crippen LogP contribution in [-0.4, -0.2) is 23.8 Å². The minimum atomic E-state index is -0.486. The Hall–Kier alpha value is -1.71. The van der Waals surface area contributed by atoms with E-state index in [1.165, 1.54) is 0 Å². The highest BCUT2D eigenvalue weighted by molar-refractivity contribution is 5.68. The molecule has 0 aliphatic heterocycles. The third-order valence-electron chi connectivity index (χ3n) is 3.40. The molecule has 22 heavy (non-hydrogen) atoms. The quantitative estimate of drug-likeness (QED) is 0.817. The van der Waals surface area contributed by atoms with Crippen LogP contribution < -0.4 is 10.6 Å². The first kappa shape index (κ1) is 18.3. The maximum Gasteiger partial charge on any atom is 0.407 e. The molecule has 4 nitrogen and oxygen atoms in total. The van der Waals surface area contributed by atoms with Crippen LogP contribution in [0.2, 0.25) is 0 Å². The molecule has 0 spiro atoms. The highest BCUT2D eigenvalue weighted by Gasteiger charge is 2.27. The Morgan fingerprint density at radius 2 is 1.77 bits per heavy atom. The van der Waals surface area contributed by atoms with Crippen molar-refractivity contribution in [1.29, 1.82) is 0 Å². The van der Waals surface area contributed by atoms with Crippen molar-refractivity contribution in [2.45, 2.75) is 65.6 Å². The zero-order valence-electron chi connectivity index (χ0n) is 14.6. The second kappa shape index (κ2) is 8.06. The molecule has 2 N–H and O–H groups in total. The zero-order valence-corrected chi connectivity index (χ0v) is 14.6. The van der Waals surface area contributed by atoms with Crippen molar-refractivity contribution in [3.8, 4) is 0 Å². The molecule has 1 aromatic carbocycles. The Labute approximate surface area is 134 Å². The number of alkyl carbamates (subject to hydrolysis) is 1. The van der Waals surface area contributed by atoms with E-state index in [1.807, 2.05) is 51.1 Å². The van der Waals surface area contributed by atoms with Crippen molar-refractivity contribution in [3.63, 3.8) is 0 Å². The van der Waals surface area contributed by atoms with Crippen molar-refractivity contribution in [2.75, 3.05) is 5.32 Å². The summed E-state index contributed by atoms with van der Waals surface area (Å²) in [6, 6.07) is 10.2. The molecule has 1 aromatic rings. The van der Waals surface area contributed by atoms with Gasteiger partial charge in [-0.1, -0.05) is 39.0 Å². The highest BCUT2D eigenvalue weighted by Crippen LogP contribution is 2.17. The van der Waals surface area contributed by atoms with Gasteiger partial charge in [0.15, 0.2) is 0 Å². The number of hydrogen-bond acceptors (Lipinski definition) is 3. The molecular formula is C18H30N2O2. The third kappa shape index (κ3) is 6.37. The van der Waals surface area contributed by atoms with E-state index < -0.39 is 5.60 Å². The van der Waals surface area contributed by atoms with E-state index in [9.17, 15) is 4.79 Å². The Kier molecular flexibility index (Phi) is 6.72. The van der Waals surface area contributed by atoms with Gasteiger partial charge in [0.2, 0.25) is 0 Å². The van der Waals surface area contributed by atoms with E-state index in [-0.39, 0.29) is 18.2 Å². The lowest BCUT2D eigenvalue weighted by molar-refractivity contribution is 0.0482. The van der Waals surface area contributed by atoms with Crippen LogP contribution in [0.25, 0.3) is 0 Å². The number of hydrogen-bond donors (Lipinski definition) is 2. The summed E-state index contributed by atoms with van der Waals surface area (Å²) < 4.78 is 5.39. The van der Waals surface area contributed by atoms with Gasteiger partial charge < -0.3 is 15.4 Å². The number of rotatable bonds is 6. The van der Waals surface area contributed by atoms with Gasteiger partial charge in [-0.25, -0.2) is 4.79 Å². The van der Waals surface area contributed by atoms with Gasteiger partial charge in [0.05, 0.1) is 6.04 Å². The summed E-state index contributed by atoms with van der Waals surface area (Å²) >= 11 is 0. The van der Waals surface area contributed by atoms with Crippen LogP contribution in [0, 0.1) is 5.92 Å². The van der Waals surface area contributed by atoms with Gasteiger partial charge in [0.25, 0.3) is 0 Å². The fraction of sp³-hybridized carbons (Fsp3) is 0.611. The topological polar surface area (TPSA) is 50.4 Å². The Morgan fingerprint density at radius 1 is 1.18 bits per heavy atom. The molecule has 0 heterocycles. The van der Waals surface area contributed by atoms with E-state index in [4.69, 9.17) is 4.74 Å². The smallest absolute Gasteiger partial charge is 0.407 e. The molecule has 1 amide bonds. The van der Waals surface area contributed by atoms with Crippen LogP contribution in [-0.2, 0) is 4.74 Å². The number of amides is 1. The molecule has 1 rings (SSSR count). The lowest BCUT2D eigenvalue weighted by Crippen LogP contribution is -2.50. The van der Waals surface area contributed by atoms with Gasteiger partial charge in [0.1, 0.15) is 5.60 Å². The lowest BCUT2D eigenvalue weighted by atomic mass is 9.94. The number of carbonyl (C=O) groups is 1. The minimum Gasteiger partial charge on any atom is -0.444 e. The molecule has 0 saturated carbocycles. The van der Waals surface area contributed by atoms with Crippen LogP contribution in [0.4, 0.5) is 10.5 Å². The monoisotopic (exact) mass is 306 g/mol. The predicted octanol–water partition coefficient (Wildman–Crippen LogP) is 4.43. The SMILES string of the molecule is CC[C@@H](Nc1ccccc1)[C@@H](NC(=O)OC(C)(C)C)C(C)C. The average Bonchev–Trinajstić information content (AvgIpc) is 2.41. The number of ether oxygens (including phenoxy) is 1. The van der Waals surface area contributed by atoms with Gasteiger partial charge in [-0.3, -0.25) is 0 Å². The van der Waals surface area contributed by atoms with E-state index in [1.54, 1.807) is 0 Å². The molecule has 0 radical (unpaired) electrons. The maximum absolute atomic E-state index is 12.1. The van der Waals surface area contributed by atoms with Crippen molar-refractivity contribution in [3.05, 3.63) is 30.3 Å². The molecular weight excluding hydrogens is 276 g/mol. The Morgan fingerprint density at radius 3 is 2.23 bits per heavy atom. The highest BCUT2D eigenvalue weighted by atomic mass is 16.6. The van der Waals surface area contributed by atoms with Gasteiger partial charge in [-0.15, -0.1) is 0 Å². The molecule has 0 aliphatic carbocycles. The van der Waals surface area contributed by atoms with Crippen LogP contribution >= 0.6 is 0 Å². The summed E-state index contributed by atoms with van der Waals surface area (Å²) in [5, 5.41) is 6.53. The minimum absolute atomic E-state index is 0.0000520. The van der Waals surface area contributed by atoms with Crippen molar-refractivity contribution >= 4 is 11.8 Å². The summed E-state index contributed by atoms with van der Waals surface area (Å²) in [7, 11) is 0. The first-order valence-corrected chi connectivity index (χ1v) is 8.04. The molecule has 4 heteroatoms. The molecule has 0 aromatic heterocycles. The fourth-order valence-electron chi connectivity index (χ4n) is 2.37. The number of carbonyl (C=O) groups excluding carboxylic acids is 1. The number of nitrogens with one attached hydrogen (secondary N) is 2. The Balaban J connectivity index is 2.76. The molecule has 2 atom stereocenters. The van der Waals surface area contributed by atoms with Gasteiger partial charge in [0, 0.05) is 11.7 Å². The first-order chi connectivity index (χ1) is 10.2. The number of benzene rings is 1. The summed E-state index contributed by atoms with van der Waals surface area (Å²) in [4.78, 5) is 12.1. The average molecular weight is 306 g/mol. The van der Waals surface area contributed by atoms with E-state index >= 15 is 0 Å². The van der Waals surface area contributed by atoms with E-state index in [0.29, 0.717) is 5.92 Å². The second-order valence-electron chi connectivity index (χ2n) is 6.94. The third-order valence-corrected chi connectivity index (χ3v) is 3.40. The van der Waals surface area contributed by atoms with Crippen LogP contribution in [0.3, 0.4) is 0 Å². The van der Waals surface area contributed by atoms with Crippen LogP contribution in [0.15, 0.2) is 30.3 Å². The molecule has 0 unspecified atom stereocenters. The lowest BCUT2D eigenvalue weighted by Gasteiger charge is -2.32. The molecule has 0 saturated heterocycles. The summed E-state index contributed by atoms with van der Waals surface area (Å²) in [5.41, 5.74) is 0.575. The van der Waals surface area contributed by atoms with Gasteiger partial charge in [-0.2, -0.15) is 0 Å². The summed E-state index contributed by atoms with van der Waals surface area (Å²) in [6.45, 7) is 11.9. The standard InChI is InChI=1S/C18H30N2O2/c1-7-15(19-14-11-9-8-10-12-14)16(13(2)3)20-17(21)22-18(4,5)6/h8-13,15-16,19H,7H2,1-6H3,(H,20,21)/t15-,16+/m1/s1. The number of para-hydroxylation sites is 1. The van der Waals surface area contributed by atoms with E-state index in [2.05, 4.69) is 31.4 Å².